The molecule has 1 aromatic rings. The molecule has 3 nitrogen and oxygen atoms in total. The van der Waals surface area contributed by atoms with E-state index in [1.54, 1.807) is 0 Å². The van der Waals surface area contributed by atoms with Gasteiger partial charge in [-0.1, -0.05) is 6.07 Å². The first kappa shape index (κ1) is 9.56. The van der Waals surface area contributed by atoms with Crippen LogP contribution in [-0.2, 0) is 6.42 Å². The topological polar surface area (TPSA) is 61.8 Å². The quantitative estimate of drug-likeness (QED) is 0.530. The average Bonchev–Trinajstić information content (AvgIpc) is 2.11. The van der Waals surface area contributed by atoms with Gasteiger partial charge >= 0.3 is 0 Å². The van der Waals surface area contributed by atoms with Crippen molar-refractivity contribution < 1.29 is 0 Å². The summed E-state index contributed by atoms with van der Waals surface area (Å²) >= 11 is 0. The van der Waals surface area contributed by atoms with Crippen LogP contribution in [0.1, 0.15) is 16.7 Å². The van der Waals surface area contributed by atoms with Gasteiger partial charge < -0.3 is 5.43 Å². The van der Waals surface area contributed by atoms with Crippen molar-refractivity contribution in [2.75, 3.05) is 5.43 Å². The molecule has 0 aliphatic rings. The van der Waals surface area contributed by atoms with Gasteiger partial charge in [-0.15, -0.1) is 0 Å². The lowest BCUT2D eigenvalue weighted by Gasteiger charge is -2.10. The molecule has 0 fully saturated rings. The molecule has 0 heterocycles. The van der Waals surface area contributed by atoms with E-state index in [4.69, 9.17) is 11.1 Å². The molecule has 0 aliphatic heterocycles. The molecule has 68 valence electrons. The lowest BCUT2D eigenvalue weighted by atomic mass is 10.0. The molecule has 0 radical (unpaired) electrons. The van der Waals surface area contributed by atoms with Crippen LogP contribution in [-0.4, -0.2) is 0 Å². The van der Waals surface area contributed by atoms with Gasteiger partial charge in [-0.2, -0.15) is 5.26 Å². The number of nitrogens with zero attached hydrogens (tertiary/aromatic N) is 1. The minimum absolute atomic E-state index is 0.433. The number of aryl methyl sites for hydroxylation is 1. The number of nitrogens with one attached hydrogen (secondary N) is 1. The fraction of sp³-hybridized carbons (Fsp3) is 0.300. The van der Waals surface area contributed by atoms with Crippen LogP contribution in [0.3, 0.4) is 0 Å². The van der Waals surface area contributed by atoms with Crippen molar-refractivity contribution >= 4 is 5.69 Å². The Morgan fingerprint density at radius 3 is 2.69 bits per heavy atom. The summed E-state index contributed by atoms with van der Waals surface area (Å²) in [7, 11) is 0. The first-order chi connectivity index (χ1) is 6.19. The Morgan fingerprint density at radius 1 is 1.46 bits per heavy atom. The Hall–Kier alpha value is -1.53. The van der Waals surface area contributed by atoms with Crippen LogP contribution in [0.25, 0.3) is 0 Å². The first-order valence-electron chi connectivity index (χ1n) is 4.12. The zero-order valence-corrected chi connectivity index (χ0v) is 7.89. The van der Waals surface area contributed by atoms with E-state index in [9.17, 15) is 0 Å². The third-order valence-corrected chi connectivity index (χ3v) is 2.08. The second-order valence-electron chi connectivity index (χ2n) is 3.08. The molecule has 0 spiro atoms. The second kappa shape index (κ2) is 3.92. The highest BCUT2D eigenvalue weighted by Crippen LogP contribution is 2.20. The van der Waals surface area contributed by atoms with Crippen molar-refractivity contribution in [3.63, 3.8) is 0 Å². The van der Waals surface area contributed by atoms with E-state index in [-0.39, 0.29) is 0 Å². The van der Waals surface area contributed by atoms with E-state index < -0.39 is 0 Å². The summed E-state index contributed by atoms with van der Waals surface area (Å²) < 4.78 is 0. The molecule has 3 N–H and O–H groups in total. The van der Waals surface area contributed by atoms with Crippen LogP contribution < -0.4 is 11.3 Å². The van der Waals surface area contributed by atoms with Crippen molar-refractivity contribution in [1.29, 1.82) is 5.26 Å². The van der Waals surface area contributed by atoms with Crippen LogP contribution in [0, 0.1) is 25.2 Å². The lowest BCUT2D eigenvalue weighted by molar-refractivity contribution is 1.18. The third kappa shape index (κ3) is 1.98. The lowest BCUT2D eigenvalue weighted by Crippen LogP contribution is -2.09. The van der Waals surface area contributed by atoms with Crippen LogP contribution >= 0.6 is 0 Å². The maximum Gasteiger partial charge on any atom is 0.0669 e. The number of nitrogens with two attached hydrogens (primary N) is 1. The van der Waals surface area contributed by atoms with Gasteiger partial charge in [0.2, 0.25) is 0 Å². The molecular weight excluding hydrogens is 162 g/mol. The molecule has 3 heteroatoms. The average molecular weight is 175 g/mol. The van der Waals surface area contributed by atoms with Gasteiger partial charge in [0.1, 0.15) is 0 Å². The molecule has 0 aromatic heterocycles. The van der Waals surface area contributed by atoms with Crippen LogP contribution in [0.2, 0.25) is 0 Å². The highest BCUT2D eigenvalue weighted by molar-refractivity contribution is 5.55. The zero-order valence-electron chi connectivity index (χ0n) is 7.89. The molecule has 0 atom stereocenters. The van der Waals surface area contributed by atoms with Crippen molar-refractivity contribution in [2.45, 2.75) is 20.3 Å². The van der Waals surface area contributed by atoms with Crippen molar-refractivity contribution in [3.05, 3.63) is 28.8 Å². The van der Waals surface area contributed by atoms with E-state index in [1.807, 2.05) is 26.0 Å². The summed E-state index contributed by atoms with van der Waals surface area (Å²) in [6.07, 6.45) is 0.433. The summed E-state index contributed by atoms with van der Waals surface area (Å²) in [5.41, 5.74) is 6.72. The predicted octanol–water partition coefficient (Wildman–Crippen LogP) is 1.66. The minimum Gasteiger partial charge on any atom is -0.324 e. The van der Waals surface area contributed by atoms with Gasteiger partial charge in [0.05, 0.1) is 18.2 Å². The molecular formula is C10H13N3. The van der Waals surface area contributed by atoms with Crippen LogP contribution in [0.15, 0.2) is 12.1 Å². The van der Waals surface area contributed by atoms with Gasteiger partial charge in [-0.05, 0) is 36.6 Å². The van der Waals surface area contributed by atoms with Crippen molar-refractivity contribution in [2.24, 2.45) is 5.84 Å². The number of hydrazine groups is 1. The Bertz CT molecular complexity index is 350. The van der Waals surface area contributed by atoms with Crippen LogP contribution in [0.4, 0.5) is 5.69 Å². The van der Waals surface area contributed by atoms with Crippen molar-refractivity contribution in [3.8, 4) is 6.07 Å². The van der Waals surface area contributed by atoms with Crippen molar-refractivity contribution in [1.82, 2.24) is 0 Å². The van der Waals surface area contributed by atoms with Gasteiger partial charge in [0.15, 0.2) is 0 Å². The molecule has 1 rings (SSSR count). The maximum atomic E-state index is 8.60. The number of hydrogen-bond donors (Lipinski definition) is 2. The van der Waals surface area contributed by atoms with Gasteiger partial charge in [0, 0.05) is 0 Å². The highest BCUT2D eigenvalue weighted by Gasteiger charge is 2.03. The van der Waals surface area contributed by atoms with E-state index in [2.05, 4.69) is 11.5 Å². The van der Waals surface area contributed by atoms with Crippen LogP contribution in [0.5, 0.6) is 0 Å². The highest BCUT2D eigenvalue weighted by atomic mass is 15.2. The smallest absolute Gasteiger partial charge is 0.0669 e. The largest absolute Gasteiger partial charge is 0.324 e. The Morgan fingerprint density at radius 2 is 2.15 bits per heavy atom. The van der Waals surface area contributed by atoms with E-state index >= 15 is 0 Å². The molecule has 0 unspecified atom stereocenters. The normalized spacial score (nSPS) is 9.38. The van der Waals surface area contributed by atoms with Gasteiger partial charge in [-0.25, -0.2) is 0 Å². The van der Waals surface area contributed by atoms with E-state index in [0.29, 0.717) is 6.42 Å². The Labute approximate surface area is 78.1 Å². The first-order valence-corrected chi connectivity index (χ1v) is 4.12. The van der Waals surface area contributed by atoms with E-state index in [1.165, 1.54) is 0 Å². The number of nitrogen functional groups attached to an aromatic ring is 1. The molecule has 0 amide bonds. The number of hydrogen-bond acceptors (Lipinski definition) is 3. The van der Waals surface area contributed by atoms with E-state index in [0.717, 1.165) is 22.4 Å². The van der Waals surface area contributed by atoms with Gasteiger partial charge in [-0.3, -0.25) is 5.84 Å². The molecule has 13 heavy (non-hydrogen) atoms. The Kier molecular flexibility index (Phi) is 2.88. The fourth-order valence-corrected chi connectivity index (χ4v) is 1.35. The zero-order chi connectivity index (χ0) is 9.84. The maximum absolute atomic E-state index is 8.60. The Balaban J connectivity index is 3.20. The summed E-state index contributed by atoms with van der Waals surface area (Å²) in [5.74, 6) is 5.35. The molecule has 1 aromatic carbocycles. The van der Waals surface area contributed by atoms with Gasteiger partial charge in [0.25, 0.3) is 0 Å². The summed E-state index contributed by atoms with van der Waals surface area (Å²) in [5, 5.41) is 8.60. The molecule has 0 bridgehead atoms. The SMILES string of the molecule is Cc1cc(CC#N)c(C)c(NN)c1. The molecule has 0 saturated carbocycles. The number of anilines is 1. The summed E-state index contributed by atoms with van der Waals surface area (Å²) in [4.78, 5) is 0. The number of benzene rings is 1. The number of nitriles is 1. The standard InChI is InChI=1S/C10H13N3/c1-7-5-9(3-4-11)8(2)10(6-7)13-12/h5-6,13H,3,12H2,1-2H3. The molecule has 0 aliphatic carbocycles. The second-order valence-corrected chi connectivity index (χ2v) is 3.08. The fourth-order valence-electron chi connectivity index (χ4n) is 1.35. The molecule has 0 saturated heterocycles. The summed E-state index contributed by atoms with van der Waals surface area (Å²) in [6, 6.07) is 6.12. The summed E-state index contributed by atoms with van der Waals surface area (Å²) in [6.45, 7) is 3.95. The predicted molar refractivity (Wildman–Crippen MR) is 53.0 cm³/mol. The number of rotatable bonds is 2. The third-order valence-electron chi connectivity index (χ3n) is 2.08. The minimum atomic E-state index is 0.433. The monoisotopic (exact) mass is 175 g/mol.